The molecule has 0 spiro atoms. The first-order chi connectivity index (χ1) is 9.10. The summed E-state index contributed by atoms with van der Waals surface area (Å²) >= 11 is 0. The number of benzene rings is 2. The van der Waals surface area contributed by atoms with Gasteiger partial charge in [0.05, 0.1) is 5.56 Å². The molecular formula is C17H18O2. The van der Waals surface area contributed by atoms with Crippen LogP contribution >= 0.6 is 0 Å². The van der Waals surface area contributed by atoms with E-state index < -0.39 is 5.97 Å². The highest BCUT2D eigenvalue weighted by Gasteiger charge is 2.06. The summed E-state index contributed by atoms with van der Waals surface area (Å²) in [6, 6.07) is 13.9. The zero-order valence-electron chi connectivity index (χ0n) is 11.3. The third-order valence-electron chi connectivity index (χ3n) is 3.42. The molecule has 0 amide bonds. The van der Waals surface area contributed by atoms with Gasteiger partial charge in [-0.15, -0.1) is 0 Å². The number of carboxylic acid groups (broad SMARTS) is 1. The molecule has 0 saturated heterocycles. The van der Waals surface area contributed by atoms with Crippen molar-refractivity contribution in [2.75, 3.05) is 0 Å². The second kappa shape index (κ2) is 5.70. The maximum atomic E-state index is 10.9. The van der Waals surface area contributed by atoms with Gasteiger partial charge in [0.2, 0.25) is 0 Å². The molecule has 0 aromatic heterocycles. The standard InChI is InChI=1S/C17H18O2/c1-3-13-4-6-14(7-5-13)11-15-8-9-16(17(18)19)10-12(15)2/h4-10H,3,11H2,1-2H3,(H,18,19). The SMILES string of the molecule is CCc1ccc(Cc2ccc(C(=O)O)cc2C)cc1. The fraction of sp³-hybridized carbons (Fsp3) is 0.235. The van der Waals surface area contributed by atoms with Crippen molar-refractivity contribution in [2.24, 2.45) is 0 Å². The summed E-state index contributed by atoms with van der Waals surface area (Å²) < 4.78 is 0. The highest BCUT2D eigenvalue weighted by atomic mass is 16.4. The Bertz CT molecular complexity index is 583. The molecule has 0 fully saturated rings. The number of rotatable bonds is 4. The highest BCUT2D eigenvalue weighted by molar-refractivity contribution is 5.87. The van der Waals surface area contributed by atoms with E-state index in [1.54, 1.807) is 12.1 Å². The van der Waals surface area contributed by atoms with E-state index in [0.717, 1.165) is 18.4 Å². The lowest BCUT2D eigenvalue weighted by Gasteiger charge is -2.08. The van der Waals surface area contributed by atoms with Crippen LogP contribution in [0.3, 0.4) is 0 Å². The maximum Gasteiger partial charge on any atom is 0.335 e. The maximum absolute atomic E-state index is 10.9. The lowest BCUT2D eigenvalue weighted by atomic mass is 9.98. The molecule has 0 aliphatic carbocycles. The second-order valence-corrected chi connectivity index (χ2v) is 4.79. The Balaban J connectivity index is 2.20. The molecule has 2 heteroatoms. The van der Waals surface area contributed by atoms with Crippen LogP contribution in [0, 0.1) is 6.92 Å². The first-order valence-corrected chi connectivity index (χ1v) is 6.50. The lowest BCUT2D eigenvalue weighted by molar-refractivity contribution is 0.0697. The predicted octanol–water partition coefficient (Wildman–Crippen LogP) is 3.85. The van der Waals surface area contributed by atoms with Crippen LogP contribution in [0.5, 0.6) is 0 Å². The van der Waals surface area contributed by atoms with Crippen LogP contribution in [-0.2, 0) is 12.8 Å². The third kappa shape index (κ3) is 3.22. The van der Waals surface area contributed by atoms with E-state index >= 15 is 0 Å². The van der Waals surface area contributed by atoms with Crippen molar-refractivity contribution in [2.45, 2.75) is 26.7 Å². The van der Waals surface area contributed by atoms with Gasteiger partial charge in [-0.25, -0.2) is 4.79 Å². The number of carbonyl (C=O) groups is 1. The fourth-order valence-corrected chi connectivity index (χ4v) is 2.14. The van der Waals surface area contributed by atoms with Gasteiger partial charge < -0.3 is 5.11 Å². The zero-order chi connectivity index (χ0) is 13.8. The Morgan fingerprint density at radius 1 is 1.05 bits per heavy atom. The number of carboxylic acids is 1. The molecule has 2 nitrogen and oxygen atoms in total. The van der Waals surface area contributed by atoms with E-state index in [2.05, 4.69) is 31.2 Å². The first-order valence-electron chi connectivity index (χ1n) is 6.50. The van der Waals surface area contributed by atoms with Crippen LogP contribution in [-0.4, -0.2) is 11.1 Å². The molecule has 0 atom stereocenters. The smallest absolute Gasteiger partial charge is 0.335 e. The van der Waals surface area contributed by atoms with Crippen molar-refractivity contribution in [3.8, 4) is 0 Å². The largest absolute Gasteiger partial charge is 0.478 e. The normalized spacial score (nSPS) is 10.4. The van der Waals surface area contributed by atoms with Gasteiger partial charge in [0.25, 0.3) is 0 Å². The van der Waals surface area contributed by atoms with Gasteiger partial charge in [-0.05, 0) is 54.2 Å². The van der Waals surface area contributed by atoms with Gasteiger partial charge >= 0.3 is 5.97 Å². The zero-order valence-corrected chi connectivity index (χ0v) is 11.3. The fourth-order valence-electron chi connectivity index (χ4n) is 2.14. The average molecular weight is 254 g/mol. The predicted molar refractivity (Wildman–Crippen MR) is 76.8 cm³/mol. The molecule has 0 unspecified atom stereocenters. The van der Waals surface area contributed by atoms with Crippen LogP contribution < -0.4 is 0 Å². The Labute approximate surface area is 113 Å². The molecule has 2 rings (SSSR count). The van der Waals surface area contributed by atoms with E-state index in [-0.39, 0.29) is 0 Å². The molecule has 1 N–H and O–H groups in total. The van der Waals surface area contributed by atoms with E-state index in [1.165, 1.54) is 16.7 Å². The summed E-state index contributed by atoms with van der Waals surface area (Å²) in [5.74, 6) is -0.873. The molecule has 98 valence electrons. The van der Waals surface area contributed by atoms with Crippen molar-refractivity contribution in [3.05, 3.63) is 70.3 Å². The Morgan fingerprint density at radius 2 is 1.68 bits per heavy atom. The summed E-state index contributed by atoms with van der Waals surface area (Å²) in [6.45, 7) is 4.10. The van der Waals surface area contributed by atoms with Crippen molar-refractivity contribution >= 4 is 5.97 Å². The second-order valence-electron chi connectivity index (χ2n) is 4.79. The molecule has 0 aliphatic heterocycles. The highest BCUT2D eigenvalue weighted by Crippen LogP contribution is 2.16. The topological polar surface area (TPSA) is 37.3 Å². The van der Waals surface area contributed by atoms with E-state index in [1.807, 2.05) is 13.0 Å². The Hall–Kier alpha value is -2.09. The summed E-state index contributed by atoms with van der Waals surface area (Å²) in [7, 11) is 0. The van der Waals surface area contributed by atoms with Gasteiger partial charge in [-0.3, -0.25) is 0 Å². The number of hydrogen-bond donors (Lipinski definition) is 1. The summed E-state index contributed by atoms with van der Waals surface area (Å²) in [6.07, 6.45) is 1.89. The molecule has 0 saturated carbocycles. The molecular weight excluding hydrogens is 236 g/mol. The van der Waals surface area contributed by atoms with Crippen LogP contribution in [0.4, 0.5) is 0 Å². The molecule has 0 bridgehead atoms. The first kappa shape index (κ1) is 13.3. The third-order valence-corrected chi connectivity index (χ3v) is 3.42. The Kier molecular flexibility index (Phi) is 4.00. The molecule has 19 heavy (non-hydrogen) atoms. The molecule has 0 aliphatic rings. The number of aromatic carboxylic acids is 1. The lowest BCUT2D eigenvalue weighted by Crippen LogP contribution is -1.99. The number of hydrogen-bond acceptors (Lipinski definition) is 1. The van der Waals surface area contributed by atoms with E-state index in [0.29, 0.717) is 5.56 Å². The molecule has 2 aromatic carbocycles. The minimum Gasteiger partial charge on any atom is -0.478 e. The van der Waals surface area contributed by atoms with E-state index in [9.17, 15) is 4.79 Å². The average Bonchev–Trinajstić information content (AvgIpc) is 2.41. The van der Waals surface area contributed by atoms with E-state index in [4.69, 9.17) is 5.11 Å². The van der Waals surface area contributed by atoms with Crippen molar-refractivity contribution < 1.29 is 9.90 Å². The summed E-state index contributed by atoms with van der Waals surface area (Å²) in [5, 5.41) is 8.95. The van der Waals surface area contributed by atoms with Crippen molar-refractivity contribution in [1.29, 1.82) is 0 Å². The monoisotopic (exact) mass is 254 g/mol. The molecule has 0 heterocycles. The van der Waals surface area contributed by atoms with Crippen LogP contribution in [0.25, 0.3) is 0 Å². The summed E-state index contributed by atoms with van der Waals surface area (Å²) in [4.78, 5) is 10.9. The molecule has 2 aromatic rings. The van der Waals surface area contributed by atoms with Gasteiger partial charge in [0, 0.05) is 0 Å². The van der Waals surface area contributed by atoms with Crippen LogP contribution in [0.1, 0.15) is 39.5 Å². The minimum absolute atomic E-state index is 0.350. The van der Waals surface area contributed by atoms with Gasteiger partial charge in [0.15, 0.2) is 0 Å². The minimum atomic E-state index is -0.873. The van der Waals surface area contributed by atoms with Gasteiger partial charge in [0.1, 0.15) is 0 Å². The van der Waals surface area contributed by atoms with Gasteiger partial charge in [-0.2, -0.15) is 0 Å². The van der Waals surface area contributed by atoms with Crippen LogP contribution in [0.2, 0.25) is 0 Å². The Morgan fingerprint density at radius 3 is 2.21 bits per heavy atom. The van der Waals surface area contributed by atoms with Crippen molar-refractivity contribution in [1.82, 2.24) is 0 Å². The number of aryl methyl sites for hydroxylation is 2. The van der Waals surface area contributed by atoms with Gasteiger partial charge in [-0.1, -0.05) is 37.3 Å². The van der Waals surface area contributed by atoms with Crippen molar-refractivity contribution in [3.63, 3.8) is 0 Å². The summed E-state index contributed by atoms with van der Waals surface area (Å²) in [5.41, 5.74) is 5.14. The quantitative estimate of drug-likeness (QED) is 0.899. The van der Waals surface area contributed by atoms with Crippen LogP contribution in [0.15, 0.2) is 42.5 Å². The molecule has 0 radical (unpaired) electrons.